The van der Waals surface area contributed by atoms with Crippen molar-refractivity contribution in [3.05, 3.63) is 63.6 Å². The molecule has 0 N–H and O–H groups in total. The fourth-order valence-electron chi connectivity index (χ4n) is 4.40. The molecule has 1 fully saturated rings. The number of fused-ring (bicyclic) bond motifs is 1. The van der Waals surface area contributed by atoms with E-state index in [1.165, 1.54) is 0 Å². The Labute approximate surface area is 181 Å². The van der Waals surface area contributed by atoms with Gasteiger partial charge in [-0.15, -0.1) is 0 Å². The molecular formula is C24H27N3O4. The van der Waals surface area contributed by atoms with Crippen molar-refractivity contribution in [3.63, 3.8) is 0 Å². The highest BCUT2D eigenvalue weighted by Crippen LogP contribution is 2.37. The van der Waals surface area contributed by atoms with Crippen LogP contribution in [0.4, 0.5) is 0 Å². The Morgan fingerprint density at radius 1 is 1.13 bits per heavy atom. The van der Waals surface area contributed by atoms with E-state index in [0.29, 0.717) is 41.4 Å². The predicted octanol–water partition coefficient (Wildman–Crippen LogP) is 3.72. The molecule has 0 radical (unpaired) electrons. The normalized spacial score (nSPS) is 16.0. The van der Waals surface area contributed by atoms with Gasteiger partial charge in [0.25, 0.3) is 11.5 Å². The first kappa shape index (κ1) is 20.9. The van der Waals surface area contributed by atoms with Crippen LogP contribution in [0.3, 0.4) is 0 Å². The quantitative estimate of drug-likeness (QED) is 0.628. The van der Waals surface area contributed by atoms with Crippen molar-refractivity contribution in [3.8, 4) is 11.5 Å². The number of aromatic nitrogens is 2. The van der Waals surface area contributed by atoms with E-state index in [1.807, 2.05) is 36.1 Å². The summed E-state index contributed by atoms with van der Waals surface area (Å²) >= 11 is 0. The van der Waals surface area contributed by atoms with Crippen LogP contribution in [0.15, 0.2) is 41.2 Å². The van der Waals surface area contributed by atoms with Gasteiger partial charge in [-0.25, -0.2) is 4.98 Å². The van der Waals surface area contributed by atoms with E-state index in [2.05, 4.69) is 4.98 Å². The second-order valence-electron chi connectivity index (χ2n) is 7.72. The number of hydrogen-bond acceptors (Lipinski definition) is 5. The summed E-state index contributed by atoms with van der Waals surface area (Å²) < 4.78 is 12.5. The van der Waals surface area contributed by atoms with Gasteiger partial charge < -0.3 is 18.9 Å². The summed E-state index contributed by atoms with van der Waals surface area (Å²) in [5, 5.41) is 0. The molecule has 1 amide bonds. The van der Waals surface area contributed by atoms with E-state index in [1.54, 1.807) is 37.8 Å². The Kier molecular flexibility index (Phi) is 5.67. The molecule has 2 aromatic carbocycles. The molecule has 1 aromatic heterocycles. The lowest BCUT2D eigenvalue weighted by molar-refractivity contribution is 0.0735. The van der Waals surface area contributed by atoms with Crippen molar-refractivity contribution in [2.45, 2.75) is 39.3 Å². The van der Waals surface area contributed by atoms with Crippen LogP contribution in [-0.4, -0.2) is 41.1 Å². The number of likely N-dealkylation sites (tertiary alicyclic amines) is 1. The van der Waals surface area contributed by atoms with Crippen LogP contribution in [0.25, 0.3) is 11.0 Å². The molecular weight excluding hydrogens is 394 g/mol. The summed E-state index contributed by atoms with van der Waals surface area (Å²) in [5.41, 5.74) is 3.34. The van der Waals surface area contributed by atoms with Crippen molar-refractivity contribution in [2.75, 3.05) is 20.8 Å². The SMILES string of the molecule is CCn1c(=O)c(C)nc2cc(C(=O)N3CCCC3c3ccc(OC)c(OC)c3)ccc21. The maximum Gasteiger partial charge on any atom is 0.272 e. The highest BCUT2D eigenvalue weighted by Gasteiger charge is 2.31. The molecule has 1 aliphatic rings. The first-order valence-corrected chi connectivity index (χ1v) is 10.5. The fraction of sp³-hybridized carbons (Fsp3) is 0.375. The van der Waals surface area contributed by atoms with E-state index in [9.17, 15) is 9.59 Å². The van der Waals surface area contributed by atoms with Crippen molar-refractivity contribution >= 4 is 16.9 Å². The van der Waals surface area contributed by atoms with Gasteiger partial charge in [0.05, 0.1) is 31.3 Å². The van der Waals surface area contributed by atoms with Crippen molar-refractivity contribution in [1.29, 1.82) is 0 Å². The van der Waals surface area contributed by atoms with Crippen LogP contribution in [0.5, 0.6) is 11.5 Å². The fourth-order valence-corrected chi connectivity index (χ4v) is 4.40. The van der Waals surface area contributed by atoms with Gasteiger partial charge in [-0.2, -0.15) is 0 Å². The molecule has 1 saturated heterocycles. The third kappa shape index (κ3) is 3.65. The third-order valence-electron chi connectivity index (χ3n) is 5.98. The molecule has 0 aliphatic carbocycles. The number of ether oxygens (including phenoxy) is 2. The Hall–Kier alpha value is -3.35. The maximum absolute atomic E-state index is 13.4. The zero-order valence-corrected chi connectivity index (χ0v) is 18.3. The van der Waals surface area contributed by atoms with Crippen LogP contribution in [0, 0.1) is 6.92 Å². The molecule has 0 bridgehead atoms. The van der Waals surface area contributed by atoms with E-state index < -0.39 is 0 Å². The van der Waals surface area contributed by atoms with Crippen molar-refractivity contribution in [2.24, 2.45) is 0 Å². The molecule has 0 spiro atoms. The molecule has 0 saturated carbocycles. The minimum Gasteiger partial charge on any atom is -0.493 e. The summed E-state index contributed by atoms with van der Waals surface area (Å²) in [6.45, 7) is 4.88. The highest BCUT2D eigenvalue weighted by atomic mass is 16.5. The molecule has 31 heavy (non-hydrogen) atoms. The zero-order valence-electron chi connectivity index (χ0n) is 18.3. The Morgan fingerprint density at radius 2 is 1.90 bits per heavy atom. The molecule has 3 aromatic rings. The van der Waals surface area contributed by atoms with Gasteiger partial charge in [0.2, 0.25) is 0 Å². The second kappa shape index (κ2) is 8.41. The number of rotatable bonds is 5. The third-order valence-corrected chi connectivity index (χ3v) is 5.98. The molecule has 2 heterocycles. The number of nitrogens with zero attached hydrogens (tertiary/aromatic N) is 3. The molecule has 1 unspecified atom stereocenters. The standard InChI is InChI=1S/C24H27N3O4/c1-5-26-20-10-8-17(13-18(20)25-15(2)23(26)28)24(29)27-12-6-7-19(27)16-9-11-21(30-3)22(14-16)31-4/h8-11,13-14,19H,5-7,12H2,1-4H3. The monoisotopic (exact) mass is 421 g/mol. The second-order valence-corrected chi connectivity index (χ2v) is 7.72. The molecule has 1 aliphatic heterocycles. The Morgan fingerprint density at radius 3 is 2.61 bits per heavy atom. The van der Waals surface area contributed by atoms with Crippen molar-refractivity contribution < 1.29 is 14.3 Å². The minimum absolute atomic E-state index is 0.0257. The van der Waals surface area contributed by atoms with Gasteiger partial charge in [0, 0.05) is 18.7 Å². The lowest BCUT2D eigenvalue weighted by Crippen LogP contribution is -2.30. The predicted molar refractivity (Wildman–Crippen MR) is 119 cm³/mol. The van der Waals surface area contributed by atoms with Crippen molar-refractivity contribution in [1.82, 2.24) is 14.5 Å². The lowest BCUT2D eigenvalue weighted by atomic mass is 10.0. The first-order valence-electron chi connectivity index (χ1n) is 10.5. The number of methoxy groups -OCH3 is 2. The molecule has 1 atom stereocenters. The number of benzene rings is 2. The summed E-state index contributed by atoms with van der Waals surface area (Å²) in [5.74, 6) is 1.29. The number of amides is 1. The summed E-state index contributed by atoms with van der Waals surface area (Å²) in [6.07, 6.45) is 1.83. The van der Waals surface area contributed by atoms with Gasteiger partial charge >= 0.3 is 0 Å². The number of carbonyl (C=O) groups excluding carboxylic acids is 1. The molecule has 162 valence electrons. The maximum atomic E-state index is 13.4. The van der Waals surface area contributed by atoms with E-state index in [4.69, 9.17) is 9.47 Å². The number of carbonyl (C=O) groups is 1. The zero-order chi connectivity index (χ0) is 22.1. The Bertz CT molecular complexity index is 1200. The number of hydrogen-bond donors (Lipinski definition) is 0. The van der Waals surface area contributed by atoms with E-state index in [0.717, 1.165) is 23.9 Å². The minimum atomic E-state index is -0.0952. The van der Waals surface area contributed by atoms with Crippen LogP contribution >= 0.6 is 0 Å². The summed E-state index contributed by atoms with van der Waals surface area (Å²) in [7, 11) is 3.22. The van der Waals surface area contributed by atoms with Crippen LogP contribution < -0.4 is 15.0 Å². The van der Waals surface area contributed by atoms with Crippen LogP contribution in [0.1, 0.15) is 47.4 Å². The smallest absolute Gasteiger partial charge is 0.272 e. The average molecular weight is 421 g/mol. The van der Waals surface area contributed by atoms with Gasteiger partial charge in [-0.05, 0) is 62.6 Å². The first-order chi connectivity index (χ1) is 15.0. The summed E-state index contributed by atoms with van der Waals surface area (Å²) in [4.78, 5) is 32.1. The van der Waals surface area contributed by atoms with Gasteiger partial charge in [0.15, 0.2) is 11.5 Å². The van der Waals surface area contributed by atoms with Gasteiger partial charge in [0.1, 0.15) is 5.69 Å². The van der Waals surface area contributed by atoms with Crippen LogP contribution in [-0.2, 0) is 6.54 Å². The summed E-state index contributed by atoms with van der Waals surface area (Å²) in [6, 6.07) is 11.2. The lowest BCUT2D eigenvalue weighted by Gasteiger charge is -2.26. The van der Waals surface area contributed by atoms with Crippen LogP contribution in [0.2, 0.25) is 0 Å². The van der Waals surface area contributed by atoms with Gasteiger partial charge in [-0.3, -0.25) is 9.59 Å². The molecule has 4 rings (SSSR count). The van der Waals surface area contributed by atoms with E-state index >= 15 is 0 Å². The number of aryl methyl sites for hydroxylation is 2. The molecule has 7 nitrogen and oxygen atoms in total. The molecule has 7 heteroatoms. The van der Waals surface area contributed by atoms with E-state index in [-0.39, 0.29) is 17.5 Å². The topological polar surface area (TPSA) is 73.7 Å². The Balaban J connectivity index is 1.69. The highest BCUT2D eigenvalue weighted by molar-refractivity contribution is 5.97. The van der Waals surface area contributed by atoms with Gasteiger partial charge in [-0.1, -0.05) is 6.07 Å². The largest absolute Gasteiger partial charge is 0.493 e. The average Bonchev–Trinajstić information content (AvgIpc) is 3.28.